The first-order chi connectivity index (χ1) is 7.10. The molecule has 3 heteroatoms. The Morgan fingerprint density at radius 2 is 1.60 bits per heavy atom. The number of rotatable bonds is 9. The van der Waals surface area contributed by atoms with Gasteiger partial charge in [0, 0.05) is 13.2 Å². The highest BCUT2D eigenvalue weighted by molar-refractivity contribution is 6.67. The topological polar surface area (TPSA) is 18.5 Å². The molecule has 0 aromatic heterocycles. The normalized spacial score (nSPS) is 12.4. The fourth-order valence-electron chi connectivity index (χ4n) is 1.42. The minimum absolute atomic E-state index is 0.602. The molecule has 0 unspecified atom stereocenters. The van der Waals surface area contributed by atoms with Crippen LogP contribution in [0, 0.1) is 5.92 Å². The molecule has 0 fully saturated rings. The zero-order valence-electron chi connectivity index (χ0n) is 11.1. The molecule has 0 atom stereocenters. The van der Waals surface area contributed by atoms with Crippen molar-refractivity contribution >= 4 is 8.56 Å². The van der Waals surface area contributed by atoms with Crippen LogP contribution in [-0.4, -0.2) is 21.8 Å². The average molecular weight is 232 g/mol. The fourth-order valence-corrected chi connectivity index (χ4v) is 3.97. The van der Waals surface area contributed by atoms with E-state index >= 15 is 0 Å². The van der Waals surface area contributed by atoms with Crippen LogP contribution >= 0.6 is 0 Å². The zero-order valence-corrected chi connectivity index (χ0v) is 12.1. The predicted octanol–water partition coefficient (Wildman–Crippen LogP) is 3.96. The van der Waals surface area contributed by atoms with Gasteiger partial charge < -0.3 is 8.85 Å². The van der Waals surface area contributed by atoms with Crippen molar-refractivity contribution in [1.82, 2.24) is 0 Å². The minimum atomic E-state index is -1.84. The largest absolute Gasteiger partial charge is 0.394 e. The lowest BCUT2D eigenvalue weighted by Gasteiger charge is -2.29. The van der Waals surface area contributed by atoms with E-state index in [4.69, 9.17) is 8.85 Å². The van der Waals surface area contributed by atoms with Gasteiger partial charge in [-0.25, -0.2) is 0 Å². The Bertz CT molecular complexity index is 145. The molecule has 2 nitrogen and oxygen atoms in total. The first kappa shape index (κ1) is 15.1. The summed E-state index contributed by atoms with van der Waals surface area (Å²) in [5.74, 6) is 0.602. The molecule has 0 saturated carbocycles. The molecule has 0 radical (unpaired) electrons. The monoisotopic (exact) mass is 232 g/mol. The van der Waals surface area contributed by atoms with E-state index in [1.54, 1.807) is 0 Å². The summed E-state index contributed by atoms with van der Waals surface area (Å²) in [6.45, 7) is 12.7. The summed E-state index contributed by atoms with van der Waals surface area (Å²) in [6.07, 6.45) is 2.35. The second-order valence-electron chi connectivity index (χ2n) is 4.52. The molecule has 0 bridgehead atoms. The van der Waals surface area contributed by atoms with E-state index in [1.165, 1.54) is 6.42 Å². The average Bonchev–Trinajstić information content (AvgIpc) is 2.23. The summed E-state index contributed by atoms with van der Waals surface area (Å²) in [7, 11) is -1.84. The first-order valence-electron chi connectivity index (χ1n) is 6.38. The highest BCUT2D eigenvalue weighted by Gasteiger charge is 2.33. The molecule has 0 rings (SSSR count). The van der Waals surface area contributed by atoms with E-state index in [9.17, 15) is 0 Å². The van der Waals surface area contributed by atoms with Crippen molar-refractivity contribution in [2.24, 2.45) is 5.92 Å². The van der Waals surface area contributed by atoms with E-state index < -0.39 is 8.56 Å². The van der Waals surface area contributed by atoms with Crippen molar-refractivity contribution in [3.63, 3.8) is 0 Å². The van der Waals surface area contributed by atoms with Crippen LogP contribution in [0.25, 0.3) is 0 Å². The van der Waals surface area contributed by atoms with Crippen LogP contribution in [0.15, 0.2) is 0 Å². The van der Waals surface area contributed by atoms with Gasteiger partial charge in [-0.3, -0.25) is 0 Å². The number of hydrogen-bond donors (Lipinski definition) is 0. The standard InChI is InChI=1S/C12H28O2Si/c1-6-9-10-13-15(7-2,8-3)14-11-12(4)5/h12H,6-11H2,1-5H3. The van der Waals surface area contributed by atoms with Gasteiger partial charge in [-0.05, 0) is 24.4 Å². The van der Waals surface area contributed by atoms with Crippen LogP contribution in [-0.2, 0) is 8.85 Å². The van der Waals surface area contributed by atoms with Crippen LogP contribution in [0.1, 0.15) is 47.5 Å². The molecule has 0 aromatic carbocycles. The molecular weight excluding hydrogens is 204 g/mol. The highest BCUT2D eigenvalue weighted by Crippen LogP contribution is 2.20. The van der Waals surface area contributed by atoms with Crippen LogP contribution in [0.2, 0.25) is 12.1 Å². The second-order valence-corrected chi connectivity index (χ2v) is 8.34. The van der Waals surface area contributed by atoms with Gasteiger partial charge in [0.1, 0.15) is 0 Å². The zero-order chi connectivity index (χ0) is 11.7. The summed E-state index contributed by atoms with van der Waals surface area (Å²) in [5, 5.41) is 0. The van der Waals surface area contributed by atoms with Crippen molar-refractivity contribution in [3.05, 3.63) is 0 Å². The lowest BCUT2D eigenvalue weighted by atomic mass is 10.2. The fraction of sp³-hybridized carbons (Fsp3) is 1.00. The van der Waals surface area contributed by atoms with Crippen LogP contribution < -0.4 is 0 Å². The molecular formula is C12H28O2Si. The molecule has 0 saturated heterocycles. The van der Waals surface area contributed by atoms with Gasteiger partial charge in [0.25, 0.3) is 0 Å². The number of hydrogen-bond acceptors (Lipinski definition) is 2. The van der Waals surface area contributed by atoms with E-state index in [0.717, 1.165) is 31.7 Å². The Morgan fingerprint density at radius 1 is 1.00 bits per heavy atom. The Hall–Kier alpha value is 0.137. The summed E-state index contributed by atoms with van der Waals surface area (Å²) < 4.78 is 12.1. The minimum Gasteiger partial charge on any atom is -0.394 e. The summed E-state index contributed by atoms with van der Waals surface area (Å²) in [6, 6.07) is 2.14. The molecule has 15 heavy (non-hydrogen) atoms. The number of unbranched alkanes of at least 4 members (excludes halogenated alkanes) is 1. The molecule has 0 heterocycles. The summed E-state index contributed by atoms with van der Waals surface area (Å²) in [4.78, 5) is 0. The maximum atomic E-state index is 6.05. The van der Waals surface area contributed by atoms with Gasteiger partial charge in [-0.15, -0.1) is 0 Å². The maximum Gasteiger partial charge on any atom is 0.337 e. The van der Waals surface area contributed by atoms with Gasteiger partial charge >= 0.3 is 8.56 Å². The van der Waals surface area contributed by atoms with Gasteiger partial charge in [-0.2, -0.15) is 0 Å². The van der Waals surface area contributed by atoms with Crippen LogP contribution in [0.4, 0.5) is 0 Å². The summed E-state index contributed by atoms with van der Waals surface area (Å²) in [5.41, 5.74) is 0. The predicted molar refractivity (Wildman–Crippen MR) is 68.4 cm³/mol. The molecule has 0 aliphatic rings. The lowest BCUT2D eigenvalue weighted by molar-refractivity contribution is 0.151. The molecule has 0 spiro atoms. The smallest absolute Gasteiger partial charge is 0.337 e. The van der Waals surface area contributed by atoms with Crippen molar-refractivity contribution in [1.29, 1.82) is 0 Å². The molecule has 92 valence electrons. The Balaban J connectivity index is 4.05. The van der Waals surface area contributed by atoms with E-state index in [2.05, 4.69) is 34.6 Å². The third kappa shape index (κ3) is 6.33. The highest BCUT2D eigenvalue weighted by atomic mass is 28.4. The van der Waals surface area contributed by atoms with Gasteiger partial charge in [0.2, 0.25) is 0 Å². The van der Waals surface area contributed by atoms with Crippen LogP contribution in [0.3, 0.4) is 0 Å². The first-order valence-corrected chi connectivity index (χ1v) is 8.61. The van der Waals surface area contributed by atoms with Gasteiger partial charge in [0.15, 0.2) is 0 Å². The van der Waals surface area contributed by atoms with E-state index in [-0.39, 0.29) is 0 Å². The summed E-state index contributed by atoms with van der Waals surface area (Å²) >= 11 is 0. The van der Waals surface area contributed by atoms with Gasteiger partial charge in [-0.1, -0.05) is 41.0 Å². The Labute approximate surface area is 96.6 Å². The third-order valence-electron chi connectivity index (χ3n) is 2.62. The lowest BCUT2D eigenvalue weighted by Crippen LogP contribution is -2.42. The van der Waals surface area contributed by atoms with Crippen molar-refractivity contribution in [2.45, 2.75) is 59.5 Å². The van der Waals surface area contributed by atoms with E-state index in [1.807, 2.05) is 0 Å². The maximum absolute atomic E-state index is 6.05. The van der Waals surface area contributed by atoms with Crippen molar-refractivity contribution < 1.29 is 8.85 Å². The quantitative estimate of drug-likeness (QED) is 0.442. The molecule has 0 amide bonds. The second kappa shape index (κ2) is 8.31. The molecule has 0 aliphatic carbocycles. The van der Waals surface area contributed by atoms with Crippen LogP contribution in [0.5, 0.6) is 0 Å². The molecule has 0 aromatic rings. The van der Waals surface area contributed by atoms with Crippen molar-refractivity contribution in [3.8, 4) is 0 Å². The van der Waals surface area contributed by atoms with E-state index in [0.29, 0.717) is 5.92 Å². The molecule has 0 aliphatic heterocycles. The molecule has 0 N–H and O–H groups in total. The Morgan fingerprint density at radius 3 is 2.00 bits per heavy atom. The van der Waals surface area contributed by atoms with Gasteiger partial charge in [0.05, 0.1) is 0 Å². The third-order valence-corrected chi connectivity index (χ3v) is 6.20. The Kier molecular flexibility index (Phi) is 8.38. The SMILES string of the molecule is CCCCO[Si](CC)(CC)OCC(C)C. The van der Waals surface area contributed by atoms with Crippen molar-refractivity contribution in [2.75, 3.05) is 13.2 Å².